The zero-order valence-corrected chi connectivity index (χ0v) is 63.0. The molecule has 5 heterocycles. The van der Waals surface area contributed by atoms with E-state index in [1.807, 2.05) is 91.9 Å². The van der Waals surface area contributed by atoms with Crippen molar-refractivity contribution in [2.45, 2.75) is 48.5 Å². The Labute approximate surface area is 620 Å². The Morgan fingerprint density at radius 3 is 1.29 bits per heavy atom. The molecular weight excluding hydrogens is 1460 g/mol. The Hall–Kier alpha value is -8.33. The summed E-state index contributed by atoms with van der Waals surface area (Å²) in [7, 11) is 9.92. The first kappa shape index (κ1) is 85.1. The lowest BCUT2D eigenvalue weighted by Gasteiger charge is -2.16. The second kappa shape index (κ2) is 44.1. The molecule has 544 valence electrons. The van der Waals surface area contributed by atoms with Crippen molar-refractivity contribution in [1.29, 1.82) is 0 Å². The number of aromatic nitrogens is 10. The van der Waals surface area contributed by atoms with Gasteiger partial charge in [0.05, 0.1) is 42.9 Å². The molecule has 9 N–H and O–H groups in total. The number of hydrogen-bond donors (Lipinski definition) is 6. The number of methoxy groups -OCH3 is 4. The number of carbonyl (C=O) groups excluding carboxylic acids is 3. The monoisotopic (exact) mass is 1530 g/mol. The Balaban J connectivity index is 0.000000272. The van der Waals surface area contributed by atoms with Gasteiger partial charge in [0, 0.05) is 90.1 Å². The van der Waals surface area contributed by atoms with E-state index in [0.717, 1.165) is 68.2 Å². The summed E-state index contributed by atoms with van der Waals surface area (Å²) in [6, 6.07) is 18.6. The summed E-state index contributed by atoms with van der Waals surface area (Å²) < 4.78 is 43.7. The second-order valence-corrected chi connectivity index (χ2v) is 23.4. The third-order valence-corrected chi connectivity index (χ3v) is 14.7. The van der Waals surface area contributed by atoms with Crippen LogP contribution in [-0.2, 0) is 26.0 Å². The first-order chi connectivity index (χ1) is 48.1. The van der Waals surface area contributed by atoms with E-state index in [1.54, 1.807) is 70.6 Å². The van der Waals surface area contributed by atoms with Crippen molar-refractivity contribution in [3.8, 4) is 23.0 Å². The van der Waals surface area contributed by atoms with E-state index in [1.165, 1.54) is 23.6 Å². The highest BCUT2D eigenvalue weighted by Gasteiger charge is 2.20. The number of aryl methyl sites for hydroxylation is 7. The van der Waals surface area contributed by atoms with Crippen LogP contribution in [0.4, 0.5) is 34.4 Å². The van der Waals surface area contributed by atoms with Crippen molar-refractivity contribution in [3.05, 3.63) is 167 Å². The molecule has 101 heavy (non-hydrogen) atoms. The number of nitrogens with two attached hydrogens (primary N) is 3. The van der Waals surface area contributed by atoms with E-state index in [0.29, 0.717) is 87.2 Å². The molecule has 0 saturated heterocycles. The van der Waals surface area contributed by atoms with Gasteiger partial charge in [-0.25, -0.2) is 40.4 Å². The van der Waals surface area contributed by atoms with Crippen molar-refractivity contribution in [3.63, 3.8) is 0 Å². The molecule has 0 spiro atoms. The summed E-state index contributed by atoms with van der Waals surface area (Å²) in [6.07, 6.45) is 5.46. The molecule has 2 amide bonds. The van der Waals surface area contributed by atoms with E-state index in [4.69, 9.17) is 136 Å². The number of halogens is 7. The third kappa shape index (κ3) is 28.2. The number of amides is 2. The number of nitrogen functional groups attached to an aromatic ring is 1. The van der Waals surface area contributed by atoms with E-state index < -0.39 is 11.1 Å². The minimum atomic E-state index is -0.702. The van der Waals surface area contributed by atoms with Crippen LogP contribution >= 0.6 is 81.2 Å². The SMILES string of the molecule is CCN.COCCOc1cc(C)c(N)c(C)c1.COCCOc1cc(C)c(Nc2nn(C)c3nc(Cl)ncc23)c(C)c1.COCCOc1ccc(NC(=O)c2cnc(Cl)nc2Cl)c(C)c1.COCCOc1ccc(NC(=O)c2cnc(Cl)nc2N(C)N)c(C)c1.O=C(Cl)c1cnc(Cl)nc1Cl. The first-order valence-corrected chi connectivity index (χ1v) is 32.9. The predicted octanol–water partition coefficient (Wildman–Crippen LogP) is 12.8. The van der Waals surface area contributed by atoms with Crippen LogP contribution in [0, 0.1) is 41.5 Å². The van der Waals surface area contributed by atoms with Crippen LogP contribution in [-0.4, -0.2) is 162 Å². The molecule has 9 rings (SSSR count). The molecule has 0 unspecified atom stereocenters. The second-order valence-electron chi connectivity index (χ2n) is 21.0. The van der Waals surface area contributed by atoms with Crippen molar-refractivity contribution in [2.75, 3.05) is 122 Å². The summed E-state index contributed by atoms with van der Waals surface area (Å²) in [5.74, 6) is 8.89. The Bertz CT molecular complexity index is 4140. The van der Waals surface area contributed by atoms with E-state index in [-0.39, 0.29) is 59.9 Å². The van der Waals surface area contributed by atoms with E-state index >= 15 is 0 Å². The van der Waals surface area contributed by atoms with Crippen LogP contribution in [0.15, 0.2) is 85.5 Å². The summed E-state index contributed by atoms with van der Waals surface area (Å²) in [5.41, 5.74) is 20.8. The fourth-order valence-corrected chi connectivity index (χ4v) is 9.51. The first-order valence-electron chi connectivity index (χ1n) is 30.3. The molecule has 5 aromatic heterocycles. The fraction of sp³-hybridized carbons (Fsp3) is 0.333. The number of rotatable bonds is 24. The van der Waals surface area contributed by atoms with Crippen LogP contribution in [0.5, 0.6) is 23.0 Å². The van der Waals surface area contributed by atoms with Gasteiger partial charge in [-0.15, -0.1) is 0 Å². The zero-order chi connectivity index (χ0) is 74.9. The van der Waals surface area contributed by atoms with Crippen LogP contribution < -0.4 is 57.2 Å². The van der Waals surface area contributed by atoms with Gasteiger partial charge >= 0.3 is 0 Å². The number of carbonyl (C=O) groups is 3. The number of nitrogens with one attached hydrogen (secondary N) is 3. The van der Waals surface area contributed by atoms with E-state index in [2.05, 4.69) is 60.9 Å². The molecule has 0 saturated carbocycles. The van der Waals surface area contributed by atoms with Gasteiger partial charge in [-0.1, -0.05) is 30.1 Å². The Morgan fingerprint density at radius 1 is 0.515 bits per heavy atom. The molecule has 0 aliphatic heterocycles. The van der Waals surface area contributed by atoms with Crippen LogP contribution in [0.1, 0.15) is 71.4 Å². The highest BCUT2D eigenvalue weighted by Crippen LogP contribution is 2.33. The molecule has 0 bridgehead atoms. The summed E-state index contributed by atoms with van der Waals surface area (Å²) >= 11 is 39.1. The van der Waals surface area contributed by atoms with Gasteiger partial charge < -0.3 is 65.3 Å². The average Bonchev–Trinajstić information content (AvgIpc) is 1.80. The smallest absolute Gasteiger partial charge is 0.261 e. The van der Waals surface area contributed by atoms with Gasteiger partial charge in [-0.3, -0.25) is 19.4 Å². The van der Waals surface area contributed by atoms with Crippen LogP contribution in [0.25, 0.3) is 11.0 Å². The van der Waals surface area contributed by atoms with Crippen LogP contribution in [0.2, 0.25) is 31.4 Å². The number of nitrogens with zero attached hydrogens (tertiary/aromatic N) is 11. The number of benzene rings is 4. The normalized spacial score (nSPS) is 10.4. The number of fused-ring (bicyclic) bond motifs is 1. The number of ether oxygens (including phenoxy) is 8. The van der Waals surface area contributed by atoms with Crippen molar-refractivity contribution in [2.24, 2.45) is 18.6 Å². The molecule has 0 atom stereocenters. The maximum Gasteiger partial charge on any atom is 0.261 e. The Morgan fingerprint density at radius 2 is 0.881 bits per heavy atom. The highest BCUT2D eigenvalue weighted by molar-refractivity contribution is 6.68. The van der Waals surface area contributed by atoms with Crippen molar-refractivity contribution >= 4 is 144 Å². The molecule has 0 aliphatic carbocycles. The lowest BCUT2D eigenvalue weighted by atomic mass is 10.1. The fourth-order valence-electron chi connectivity index (χ4n) is 8.28. The van der Waals surface area contributed by atoms with Gasteiger partial charge in [-0.05, 0) is 200 Å². The lowest BCUT2D eigenvalue weighted by Crippen LogP contribution is -2.29. The molecule has 9 aromatic rings. The standard InChI is InChI=1S/C17H20ClN5O2.C16H20ClN5O3.C15H15Cl2N3O3.C11H17NO2.C5HCl3N2O.C2H7N/c1-10-7-12(25-6-5-24-4)8-11(2)14(10)20-15-13-9-19-17(18)21-16(13)23(3)22-15;1-10-8-11(25-7-6-24-3)4-5-13(10)20-15(23)12-9-19-16(17)21-14(12)22(2)18;1-9-7-10(23-6-5-22-2)3-4-12(9)19-14(21)11-8-18-15(17)20-13(11)16;1-8-6-10(14-5-4-13-3)7-9(2)11(8)12;6-3-2(4(7)11)1-9-5(8)10-3;1-2-3/h7-9H,5-6H2,1-4H3,(H,20,22);4-5,8-9H,6-7,18H2,1-3H3,(H,20,23);3-4,7-8H,5-6H2,1-2H3,(H,19,21);6-7H,4-5,12H2,1-3H3;1H;2-3H2,1H3. The molecular formula is C66H80Cl7N17O11. The topological polar surface area (TPSA) is 363 Å². The molecule has 28 nitrogen and oxygen atoms in total. The third-order valence-electron chi connectivity index (χ3n) is 13.2. The van der Waals surface area contributed by atoms with Crippen molar-refractivity contribution < 1.29 is 52.3 Å². The minimum Gasteiger partial charge on any atom is -0.491 e. The largest absolute Gasteiger partial charge is 0.491 e. The van der Waals surface area contributed by atoms with Gasteiger partial charge in [0.2, 0.25) is 21.1 Å². The summed E-state index contributed by atoms with van der Waals surface area (Å²) in [6.45, 7) is 18.6. The number of anilines is 6. The molecule has 0 aliphatic rings. The number of hydrazine groups is 1. The van der Waals surface area contributed by atoms with Gasteiger partial charge in [-0.2, -0.15) is 15.1 Å². The summed E-state index contributed by atoms with van der Waals surface area (Å²) in [5, 5.41) is 14.9. The summed E-state index contributed by atoms with van der Waals surface area (Å²) in [4.78, 5) is 65.9. The molecule has 4 aromatic carbocycles. The lowest BCUT2D eigenvalue weighted by molar-refractivity contribution is 0.101. The highest BCUT2D eigenvalue weighted by atomic mass is 35.5. The molecule has 35 heteroatoms. The number of hydrogen-bond acceptors (Lipinski definition) is 25. The average molecular weight is 1540 g/mol. The Kier molecular flexibility index (Phi) is 37.2. The molecule has 0 fully saturated rings. The van der Waals surface area contributed by atoms with E-state index in [9.17, 15) is 14.4 Å². The van der Waals surface area contributed by atoms with Crippen molar-refractivity contribution in [1.82, 2.24) is 49.7 Å². The quantitative estimate of drug-likeness (QED) is 0.00622. The van der Waals surface area contributed by atoms with Gasteiger partial charge in [0.25, 0.3) is 17.1 Å². The molecule has 0 radical (unpaired) electrons. The zero-order valence-electron chi connectivity index (χ0n) is 57.7. The maximum atomic E-state index is 12.5. The van der Waals surface area contributed by atoms with Crippen LogP contribution in [0.3, 0.4) is 0 Å². The minimum absolute atomic E-state index is 0.000304. The van der Waals surface area contributed by atoms with Gasteiger partial charge in [0.15, 0.2) is 17.3 Å². The predicted molar refractivity (Wildman–Crippen MR) is 397 cm³/mol. The van der Waals surface area contributed by atoms with Gasteiger partial charge in [0.1, 0.15) is 65.3 Å². The maximum absolute atomic E-state index is 12.5.